The van der Waals surface area contributed by atoms with Crippen LogP contribution in [0.15, 0.2) is 18.2 Å². The normalized spacial score (nSPS) is 20.0. The van der Waals surface area contributed by atoms with E-state index in [1.807, 2.05) is 6.07 Å². The van der Waals surface area contributed by atoms with Crippen molar-refractivity contribution in [3.8, 4) is 5.75 Å². The molecule has 0 saturated carbocycles. The second-order valence-corrected chi connectivity index (χ2v) is 3.50. The van der Waals surface area contributed by atoms with E-state index in [1.165, 1.54) is 17.5 Å². The molecule has 0 aromatic heterocycles. The van der Waals surface area contributed by atoms with Crippen LogP contribution in [0.4, 0.5) is 0 Å². The van der Waals surface area contributed by atoms with Crippen LogP contribution in [-0.2, 0) is 6.42 Å². The van der Waals surface area contributed by atoms with Gasteiger partial charge in [-0.25, -0.2) is 0 Å². The Balaban J connectivity index is 2.46. The highest BCUT2D eigenvalue weighted by molar-refractivity contribution is 5.46. The maximum absolute atomic E-state index is 5.72. The zero-order chi connectivity index (χ0) is 9.26. The highest BCUT2D eigenvalue weighted by Crippen LogP contribution is 2.38. The maximum atomic E-state index is 5.72. The number of aryl methyl sites for hydroxylation is 1. The van der Waals surface area contributed by atoms with E-state index < -0.39 is 0 Å². The van der Waals surface area contributed by atoms with Crippen molar-refractivity contribution in [2.75, 3.05) is 13.7 Å². The van der Waals surface area contributed by atoms with Crippen LogP contribution in [0.3, 0.4) is 0 Å². The Hall–Kier alpha value is -1.02. The molecule has 0 fully saturated rings. The van der Waals surface area contributed by atoms with Gasteiger partial charge >= 0.3 is 0 Å². The fraction of sp³-hybridized carbons (Fsp3) is 0.455. The molecule has 2 rings (SSSR count). The molecule has 0 bridgehead atoms. The summed E-state index contributed by atoms with van der Waals surface area (Å²) in [5.74, 6) is 1.51. The number of fused-ring (bicyclic) bond motifs is 1. The van der Waals surface area contributed by atoms with Crippen LogP contribution in [0.5, 0.6) is 5.75 Å². The predicted molar refractivity (Wildman–Crippen MR) is 53.1 cm³/mol. The molecule has 0 unspecified atom stereocenters. The van der Waals surface area contributed by atoms with E-state index in [1.54, 1.807) is 7.11 Å². The second-order valence-electron chi connectivity index (χ2n) is 3.50. The molecule has 0 amide bonds. The summed E-state index contributed by atoms with van der Waals surface area (Å²) >= 11 is 0. The zero-order valence-electron chi connectivity index (χ0n) is 7.92. The van der Waals surface area contributed by atoms with Gasteiger partial charge in [0, 0.05) is 11.5 Å². The van der Waals surface area contributed by atoms with Crippen molar-refractivity contribution < 1.29 is 4.74 Å². The molecule has 1 aliphatic rings. The average Bonchev–Trinajstić information content (AvgIpc) is 2.60. The van der Waals surface area contributed by atoms with E-state index in [0.29, 0.717) is 5.92 Å². The molecule has 1 aliphatic carbocycles. The zero-order valence-corrected chi connectivity index (χ0v) is 7.92. The third-order valence-corrected chi connectivity index (χ3v) is 2.83. The monoisotopic (exact) mass is 177 g/mol. The summed E-state index contributed by atoms with van der Waals surface area (Å²) in [4.78, 5) is 0. The van der Waals surface area contributed by atoms with Gasteiger partial charge in [-0.1, -0.05) is 12.1 Å². The van der Waals surface area contributed by atoms with Crippen molar-refractivity contribution in [2.45, 2.75) is 18.8 Å². The quantitative estimate of drug-likeness (QED) is 0.746. The van der Waals surface area contributed by atoms with E-state index in [9.17, 15) is 0 Å². The molecular formula is C11H15NO. The molecule has 0 saturated heterocycles. The lowest BCUT2D eigenvalue weighted by atomic mass is 10.0. The van der Waals surface area contributed by atoms with Gasteiger partial charge in [0.25, 0.3) is 0 Å². The van der Waals surface area contributed by atoms with Crippen LogP contribution in [0.1, 0.15) is 23.5 Å². The maximum Gasteiger partial charge on any atom is 0.122 e. The SMILES string of the molecule is COc1cccc2c1[C@H](CN)CC2. The molecule has 2 nitrogen and oxygen atoms in total. The number of nitrogens with two attached hydrogens (primary N) is 1. The molecule has 1 aromatic rings. The van der Waals surface area contributed by atoms with Gasteiger partial charge < -0.3 is 10.5 Å². The molecular weight excluding hydrogens is 162 g/mol. The summed E-state index contributed by atoms with van der Waals surface area (Å²) in [5, 5.41) is 0. The van der Waals surface area contributed by atoms with Crippen molar-refractivity contribution in [3.63, 3.8) is 0 Å². The lowest BCUT2D eigenvalue weighted by Crippen LogP contribution is -2.10. The number of hydrogen-bond donors (Lipinski definition) is 1. The van der Waals surface area contributed by atoms with Crippen LogP contribution in [0.2, 0.25) is 0 Å². The highest BCUT2D eigenvalue weighted by atomic mass is 16.5. The van der Waals surface area contributed by atoms with Gasteiger partial charge in [0.15, 0.2) is 0 Å². The number of ether oxygens (including phenoxy) is 1. The molecule has 0 aliphatic heterocycles. The molecule has 2 heteroatoms. The highest BCUT2D eigenvalue weighted by Gasteiger charge is 2.24. The minimum atomic E-state index is 0.506. The molecule has 13 heavy (non-hydrogen) atoms. The molecule has 2 N–H and O–H groups in total. The third-order valence-electron chi connectivity index (χ3n) is 2.83. The van der Waals surface area contributed by atoms with Gasteiger partial charge in [-0.2, -0.15) is 0 Å². The second kappa shape index (κ2) is 3.38. The number of rotatable bonds is 2. The number of hydrogen-bond acceptors (Lipinski definition) is 2. The Kier molecular flexibility index (Phi) is 2.23. The summed E-state index contributed by atoms with van der Waals surface area (Å²) in [7, 11) is 1.72. The predicted octanol–water partition coefficient (Wildman–Crippen LogP) is 1.68. The Bertz CT molecular complexity index is 309. The summed E-state index contributed by atoms with van der Waals surface area (Å²) in [5.41, 5.74) is 8.47. The molecule has 0 radical (unpaired) electrons. The Labute approximate surface area is 78.7 Å². The van der Waals surface area contributed by atoms with E-state index in [0.717, 1.165) is 18.7 Å². The number of benzene rings is 1. The van der Waals surface area contributed by atoms with E-state index in [2.05, 4.69) is 12.1 Å². The van der Waals surface area contributed by atoms with Gasteiger partial charge in [-0.05, 0) is 31.0 Å². The first kappa shape index (κ1) is 8.57. The summed E-state index contributed by atoms with van der Waals surface area (Å²) in [6.07, 6.45) is 2.32. The van der Waals surface area contributed by atoms with Crippen molar-refractivity contribution in [3.05, 3.63) is 29.3 Å². The first-order chi connectivity index (χ1) is 6.36. The summed E-state index contributed by atoms with van der Waals surface area (Å²) in [6.45, 7) is 0.730. The van der Waals surface area contributed by atoms with Gasteiger partial charge in [0.1, 0.15) is 5.75 Å². The fourth-order valence-corrected chi connectivity index (χ4v) is 2.16. The first-order valence-corrected chi connectivity index (χ1v) is 4.72. The van der Waals surface area contributed by atoms with E-state index >= 15 is 0 Å². The smallest absolute Gasteiger partial charge is 0.122 e. The third kappa shape index (κ3) is 1.31. The Morgan fingerprint density at radius 3 is 3.08 bits per heavy atom. The molecule has 0 heterocycles. The molecule has 1 aromatic carbocycles. The van der Waals surface area contributed by atoms with E-state index in [4.69, 9.17) is 10.5 Å². The van der Waals surface area contributed by atoms with Crippen LogP contribution in [0.25, 0.3) is 0 Å². The van der Waals surface area contributed by atoms with Crippen LogP contribution < -0.4 is 10.5 Å². The van der Waals surface area contributed by atoms with Gasteiger partial charge in [-0.15, -0.1) is 0 Å². The van der Waals surface area contributed by atoms with Crippen molar-refractivity contribution >= 4 is 0 Å². The lowest BCUT2D eigenvalue weighted by Gasteiger charge is -2.12. The van der Waals surface area contributed by atoms with Crippen LogP contribution >= 0.6 is 0 Å². The van der Waals surface area contributed by atoms with Crippen LogP contribution in [0, 0.1) is 0 Å². The summed E-state index contributed by atoms with van der Waals surface area (Å²) < 4.78 is 5.33. The topological polar surface area (TPSA) is 35.2 Å². The van der Waals surface area contributed by atoms with Gasteiger partial charge in [0.2, 0.25) is 0 Å². The molecule has 70 valence electrons. The van der Waals surface area contributed by atoms with Crippen LogP contribution in [-0.4, -0.2) is 13.7 Å². The largest absolute Gasteiger partial charge is 0.496 e. The Morgan fingerprint density at radius 1 is 1.54 bits per heavy atom. The van der Waals surface area contributed by atoms with Crippen molar-refractivity contribution in [1.29, 1.82) is 0 Å². The van der Waals surface area contributed by atoms with Gasteiger partial charge in [0.05, 0.1) is 7.11 Å². The minimum absolute atomic E-state index is 0.506. The first-order valence-electron chi connectivity index (χ1n) is 4.72. The fourth-order valence-electron chi connectivity index (χ4n) is 2.16. The average molecular weight is 177 g/mol. The van der Waals surface area contributed by atoms with Gasteiger partial charge in [-0.3, -0.25) is 0 Å². The van der Waals surface area contributed by atoms with Crippen molar-refractivity contribution in [1.82, 2.24) is 0 Å². The van der Waals surface area contributed by atoms with E-state index in [-0.39, 0.29) is 0 Å². The standard InChI is InChI=1S/C11H15NO/c1-13-10-4-2-3-8-5-6-9(7-12)11(8)10/h2-4,9H,5-7,12H2,1H3/t9-/m0/s1. The Morgan fingerprint density at radius 2 is 2.38 bits per heavy atom. The molecule has 0 spiro atoms. The minimum Gasteiger partial charge on any atom is -0.496 e. The van der Waals surface area contributed by atoms with Crippen molar-refractivity contribution in [2.24, 2.45) is 5.73 Å². The molecule has 1 atom stereocenters. The summed E-state index contributed by atoms with van der Waals surface area (Å²) in [6, 6.07) is 6.25. The lowest BCUT2D eigenvalue weighted by molar-refractivity contribution is 0.407. The number of methoxy groups -OCH3 is 1.